The van der Waals surface area contributed by atoms with Crippen LogP contribution in [0.4, 0.5) is 0 Å². The Kier molecular flexibility index (Phi) is 4.03. The highest BCUT2D eigenvalue weighted by atomic mass is 16.6. The summed E-state index contributed by atoms with van der Waals surface area (Å²) in [7, 11) is 0. The second-order valence-corrected chi connectivity index (χ2v) is 3.28. The van der Waals surface area contributed by atoms with E-state index in [1.807, 2.05) is 37.3 Å². The van der Waals surface area contributed by atoms with Gasteiger partial charge in [-0.1, -0.05) is 37.3 Å². The summed E-state index contributed by atoms with van der Waals surface area (Å²) >= 11 is 0. The highest BCUT2D eigenvalue weighted by Crippen LogP contribution is 2.20. The van der Waals surface area contributed by atoms with Gasteiger partial charge in [-0.3, -0.25) is 9.59 Å². The SMILES string of the molecule is CCC(C(=O)OC(C)=O)c1ccccc1. The van der Waals surface area contributed by atoms with E-state index in [0.717, 1.165) is 5.56 Å². The first-order chi connectivity index (χ1) is 7.15. The summed E-state index contributed by atoms with van der Waals surface area (Å²) in [6.45, 7) is 3.12. The van der Waals surface area contributed by atoms with Crippen molar-refractivity contribution in [1.82, 2.24) is 0 Å². The number of hydrogen-bond acceptors (Lipinski definition) is 3. The molecule has 1 aromatic rings. The molecule has 0 heterocycles. The molecule has 80 valence electrons. The van der Waals surface area contributed by atoms with Gasteiger partial charge in [-0.2, -0.15) is 0 Å². The average molecular weight is 206 g/mol. The van der Waals surface area contributed by atoms with E-state index < -0.39 is 11.9 Å². The van der Waals surface area contributed by atoms with E-state index in [2.05, 4.69) is 4.74 Å². The van der Waals surface area contributed by atoms with Crippen molar-refractivity contribution in [1.29, 1.82) is 0 Å². The lowest BCUT2D eigenvalue weighted by molar-refractivity contribution is -0.159. The van der Waals surface area contributed by atoms with Gasteiger partial charge in [0.2, 0.25) is 0 Å². The molecule has 0 saturated carbocycles. The van der Waals surface area contributed by atoms with Gasteiger partial charge in [-0.15, -0.1) is 0 Å². The zero-order chi connectivity index (χ0) is 11.3. The summed E-state index contributed by atoms with van der Waals surface area (Å²) in [6, 6.07) is 9.32. The molecule has 0 N–H and O–H groups in total. The molecule has 0 saturated heterocycles. The highest BCUT2D eigenvalue weighted by molar-refractivity contribution is 5.88. The first kappa shape index (κ1) is 11.4. The fourth-order valence-corrected chi connectivity index (χ4v) is 1.44. The minimum atomic E-state index is -0.561. The summed E-state index contributed by atoms with van der Waals surface area (Å²) in [5.41, 5.74) is 0.881. The maximum atomic E-state index is 11.5. The first-order valence-electron chi connectivity index (χ1n) is 4.92. The molecule has 1 rings (SSSR count). The molecule has 3 nitrogen and oxygen atoms in total. The van der Waals surface area contributed by atoms with Crippen LogP contribution < -0.4 is 0 Å². The summed E-state index contributed by atoms with van der Waals surface area (Å²) < 4.78 is 4.58. The van der Waals surface area contributed by atoms with Gasteiger partial charge in [0.05, 0.1) is 5.92 Å². The van der Waals surface area contributed by atoms with Crippen LogP contribution in [-0.4, -0.2) is 11.9 Å². The van der Waals surface area contributed by atoms with E-state index in [1.165, 1.54) is 6.92 Å². The summed E-state index contributed by atoms with van der Waals surface area (Å²) in [5.74, 6) is -1.39. The standard InChI is InChI=1S/C12H14O3/c1-3-11(12(14)15-9(2)13)10-7-5-4-6-8-10/h4-8,11H,3H2,1-2H3. The van der Waals surface area contributed by atoms with Gasteiger partial charge in [0.25, 0.3) is 0 Å². The topological polar surface area (TPSA) is 43.4 Å². The number of carbonyl (C=O) groups is 2. The molecule has 1 aromatic carbocycles. The fourth-order valence-electron chi connectivity index (χ4n) is 1.44. The quantitative estimate of drug-likeness (QED) is 0.562. The van der Waals surface area contributed by atoms with Crippen molar-refractivity contribution in [3.8, 4) is 0 Å². The largest absolute Gasteiger partial charge is 0.393 e. The molecule has 0 spiro atoms. The Balaban J connectivity index is 2.80. The van der Waals surface area contributed by atoms with E-state index in [9.17, 15) is 9.59 Å². The molecule has 1 unspecified atom stereocenters. The Labute approximate surface area is 89.1 Å². The highest BCUT2D eigenvalue weighted by Gasteiger charge is 2.21. The molecule has 3 heteroatoms. The lowest BCUT2D eigenvalue weighted by Crippen LogP contribution is -2.17. The Morgan fingerprint density at radius 1 is 1.27 bits per heavy atom. The van der Waals surface area contributed by atoms with E-state index in [0.29, 0.717) is 6.42 Å². The third kappa shape index (κ3) is 3.20. The number of rotatable bonds is 3. The molecule has 0 amide bonds. The van der Waals surface area contributed by atoms with Crippen LogP contribution >= 0.6 is 0 Å². The van der Waals surface area contributed by atoms with Gasteiger partial charge in [-0.25, -0.2) is 0 Å². The van der Waals surface area contributed by atoms with Gasteiger partial charge in [0, 0.05) is 6.92 Å². The number of hydrogen-bond donors (Lipinski definition) is 0. The fraction of sp³-hybridized carbons (Fsp3) is 0.333. The summed E-state index contributed by atoms with van der Waals surface area (Å²) in [5, 5.41) is 0. The third-order valence-corrected chi connectivity index (χ3v) is 2.14. The van der Waals surface area contributed by atoms with Crippen molar-refractivity contribution in [3.05, 3.63) is 35.9 Å². The van der Waals surface area contributed by atoms with Crippen LogP contribution in [0.25, 0.3) is 0 Å². The lowest BCUT2D eigenvalue weighted by Gasteiger charge is -2.12. The summed E-state index contributed by atoms with van der Waals surface area (Å²) in [4.78, 5) is 22.2. The van der Waals surface area contributed by atoms with Crippen LogP contribution in [0.1, 0.15) is 31.7 Å². The molecule has 0 aromatic heterocycles. The van der Waals surface area contributed by atoms with Gasteiger partial charge >= 0.3 is 11.9 Å². The lowest BCUT2D eigenvalue weighted by atomic mass is 9.97. The molecule has 0 aliphatic carbocycles. The van der Waals surface area contributed by atoms with Crippen molar-refractivity contribution < 1.29 is 14.3 Å². The molecule has 0 radical (unpaired) electrons. The van der Waals surface area contributed by atoms with Crippen molar-refractivity contribution in [2.45, 2.75) is 26.2 Å². The Bertz CT molecular complexity index is 343. The number of ether oxygens (including phenoxy) is 1. The average Bonchev–Trinajstić information content (AvgIpc) is 2.19. The summed E-state index contributed by atoms with van der Waals surface area (Å²) in [6.07, 6.45) is 0.621. The molecule has 0 aliphatic heterocycles. The first-order valence-corrected chi connectivity index (χ1v) is 4.92. The van der Waals surface area contributed by atoms with Crippen LogP contribution in [0.15, 0.2) is 30.3 Å². The Hall–Kier alpha value is -1.64. The van der Waals surface area contributed by atoms with Crippen molar-refractivity contribution in [2.75, 3.05) is 0 Å². The van der Waals surface area contributed by atoms with Crippen LogP contribution in [0.2, 0.25) is 0 Å². The zero-order valence-corrected chi connectivity index (χ0v) is 8.90. The minimum Gasteiger partial charge on any atom is -0.393 e. The van der Waals surface area contributed by atoms with Crippen LogP contribution in [0.3, 0.4) is 0 Å². The predicted octanol–water partition coefficient (Wildman–Crippen LogP) is 2.27. The minimum absolute atomic E-state index is 0.352. The molecule has 15 heavy (non-hydrogen) atoms. The van der Waals surface area contributed by atoms with E-state index >= 15 is 0 Å². The maximum Gasteiger partial charge on any atom is 0.321 e. The second-order valence-electron chi connectivity index (χ2n) is 3.28. The monoisotopic (exact) mass is 206 g/mol. The molecule has 0 aliphatic rings. The van der Waals surface area contributed by atoms with Crippen molar-refractivity contribution in [3.63, 3.8) is 0 Å². The van der Waals surface area contributed by atoms with Crippen molar-refractivity contribution >= 4 is 11.9 Å². The van der Waals surface area contributed by atoms with E-state index in [1.54, 1.807) is 0 Å². The van der Waals surface area contributed by atoms with Crippen molar-refractivity contribution in [2.24, 2.45) is 0 Å². The third-order valence-electron chi connectivity index (χ3n) is 2.14. The molecular weight excluding hydrogens is 192 g/mol. The van der Waals surface area contributed by atoms with Gasteiger partial charge in [-0.05, 0) is 12.0 Å². The van der Waals surface area contributed by atoms with Crippen LogP contribution in [0, 0.1) is 0 Å². The predicted molar refractivity (Wildman–Crippen MR) is 56.2 cm³/mol. The Morgan fingerprint density at radius 3 is 2.33 bits per heavy atom. The smallest absolute Gasteiger partial charge is 0.321 e. The zero-order valence-electron chi connectivity index (χ0n) is 8.90. The maximum absolute atomic E-state index is 11.5. The van der Waals surface area contributed by atoms with E-state index in [-0.39, 0.29) is 5.92 Å². The van der Waals surface area contributed by atoms with Crippen LogP contribution in [-0.2, 0) is 14.3 Å². The Morgan fingerprint density at radius 2 is 1.87 bits per heavy atom. The van der Waals surface area contributed by atoms with Gasteiger partial charge in [0.15, 0.2) is 0 Å². The van der Waals surface area contributed by atoms with E-state index in [4.69, 9.17) is 0 Å². The second kappa shape index (κ2) is 5.29. The molecular formula is C12H14O3. The number of esters is 2. The molecule has 1 atom stereocenters. The van der Waals surface area contributed by atoms with Crippen LogP contribution in [0.5, 0.6) is 0 Å². The van der Waals surface area contributed by atoms with Gasteiger partial charge < -0.3 is 4.74 Å². The number of benzene rings is 1. The molecule has 0 fully saturated rings. The van der Waals surface area contributed by atoms with Gasteiger partial charge in [0.1, 0.15) is 0 Å². The molecule has 0 bridgehead atoms. The number of carbonyl (C=O) groups excluding carboxylic acids is 2. The normalized spacial score (nSPS) is 11.9.